The number of carbonyl (C=O) groups is 2. The Morgan fingerprint density at radius 2 is 2.00 bits per heavy atom. The van der Waals surface area contributed by atoms with Crippen LogP contribution in [0.15, 0.2) is 54.7 Å². The van der Waals surface area contributed by atoms with Gasteiger partial charge in [-0.25, -0.2) is 0 Å². The molecule has 0 aliphatic rings. The van der Waals surface area contributed by atoms with E-state index >= 15 is 0 Å². The zero-order valence-corrected chi connectivity index (χ0v) is 15.4. The minimum atomic E-state index is -0.881. The molecule has 2 amide bonds. The number of hydrogen-bond donors (Lipinski definition) is 2. The number of hydrogen-bond acceptors (Lipinski definition) is 4. The van der Waals surface area contributed by atoms with Gasteiger partial charge in [0.25, 0.3) is 5.91 Å². The molecule has 3 rings (SSSR count). The van der Waals surface area contributed by atoms with Crippen LogP contribution in [0.1, 0.15) is 15.9 Å². The normalized spacial score (nSPS) is 11.8. The molecule has 2 aromatic carbocycles. The van der Waals surface area contributed by atoms with Crippen LogP contribution in [0, 0.1) is 0 Å². The Labute approximate surface area is 161 Å². The number of pyridine rings is 1. The number of primary amides is 1. The number of nitrogens with two attached hydrogens (primary N) is 1. The number of aromatic nitrogens is 1. The third-order valence-corrected chi connectivity index (χ3v) is 4.45. The lowest BCUT2D eigenvalue weighted by Gasteiger charge is -2.16. The molecule has 6 nitrogen and oxygen atoms in total. The first kappa shape index (κ1) is 18.7. The van der Waals surface area contributed by atoms with E-state index in [-0.39, 0.29) is 6.42 Å². The van der Waals surface area contributed by atoms with Gasteiger partial charge in [0.1, 0.15) is 11.8 Å². The molecule has 0 radical (unpaired) electrons. The smallest absolute Gasteiger partial charge is 0.253 e. The van der Waals surface area contributed by atoms with Crippen molar-refractivity contribution in [3.05, 3.63) is 70.9 Å². The van der Waals surface area contributed by atoms with Gasteiger partial charge in [-0.1, -0.05) is 35.9 Å². The molecule has 3 N–H and O–H groups in total. The van der Waals surface area contributed by atoms with Crippen molar-refractivity contribution in [3.63, 3.8) is 0 Å². The molecule has 0 aliphatic heterocycles. The second kappa shape index (κ2) is 8.05. The van der Waals surface area contributed by atoms with Crippen LogP contribution in [0.4, 0.5) is 0 Å². The lowest BCUT2D eigenvalue weighted by molar-refractivity contribution is -0.119. The Morgan fingerprint density at radius 3 is 2.70 bits per heavy atom. The van der Waals surface area contributed by atoms with Gasteiger partial charge in [0.15, 0.2) is 0 Å². The Hall–Kier alpha value is -3.12. The first-order chi connectivity index (χ1) is 13.0. The SMILES string of the molecule is COc1ccc(C[C@H](NC(=O)c2cnc3ccccc3c2)C(N)=O)cc1Cl. The van der Waals surface area contributed by atoms with E-state index in [1.807, 2.05) is 24.3 Å². The van der Waals surface area contributed by atoms with E-state index in [0.29, 0.717) is 16.3 Å². The van der Waals surface area contributed by atoms with Crippen LogP contribution < -0.4 is 15.8 Å². The number of carbonyl (C=O) groups excluding carboxylic acids is 2. The number of amides is 2. The number of para-hydroxylation sites is 1. The highest BCUT2D eigenvalue weighted by Crippen LogP contribution is 2.25. The molecule has 3 aromatic rings. The first-order valence-corrected chi connectivity index (χ1v) is 8.63. The van der Waals surface area contributed by atoms with Gasteiger partial charge >= 0.3 is 0 Å². The van der Waals surface area contributed by atoms with Crippen LogP contribution in [-0.2, 0) is 11.2 Å². The maximum absolute atomic E-state index is 12.6. The number of nitrogens with zero attached hydrogens (tertiary/aromatic N) is 1. The van der Waals surface area contributed by atoms with E-state index in [2.05, 4.69) is 10.3 Å². The van der Waals surface area contributed by atoms with Crippen molar-refractivity contribution in [3.8, 4) is 5.75 Å². The third-order valence-electron chi connectivity index (χ3n) is 4.16. The zero-order chi connectivity index (χ0) is 19.4. The Morgan fingerprint density at radius 1 is 1.22 bits per heavy atom. The lowest BCUT2D eigenvalue weighted by Crippen LogP contribution is -2.45. The van der Waals surface area contributed by atoms with Gasteiger partial charge in [-0.2, -0.15) is 0 Å². The van der Waals surface area contributed by atoms with E-state index in [1.165, 1.54) is 13.3 Å². The minimum absolute atomic E-state index is 0.214. The maximum atomic E-state index is 12.6. The lowest BCUT2D eigenvalue weighted by atomic mass is 10.0. The standard InChI is InChI=1S/C20H18ClN3O3/c1-27-18-7-6-12(8-15(18)21)9-17(19(22)25)24-20(26)14-10-13-4-2-3-5-16(13)23-11-14/h2-8,10-11,17H,9H2,1H3,(H2,22,25)(H,24,26)/t17-/m0/s1. The fourth-order valence-electron chi connectivity index (χ4n) is 2.73. The molecular weight excluding hydrogens is 366 g/mol. The van der Waals surface area contributed by atoms with Gasteiger partial charge in [0.2, 0.25) is 5.91 Å². The summed E-state index contributed by atoms with van der Waals surface area (Å²) in [5.41, 5.74) is 7.36. The van der Waals surface area contributed by atoms with Crippen LogP contribution >= 0.6 is 11.6 Å². The van der Waals surface area contributed by atoms with Gasteiger partial charge in [-0.3, -0.25) is 14.6 Å². The molecule has 7 heteroatoms. The van der Waals surface area contributed by atoms with Crippen LogP contribution in [-0.4, -0.2) is 29.9 Å². The number of rotatable bonds is 6. The molecular formula is C20H18ClN3O3. The summed E-state index contributed by atoms with van der Waals surface area (Å²) in [5, 5.41) is 3.92. The average molecular weight is 384 g/mol. The second-order valence-electron chi connectivity index (χ2n) is 6.02. The number of fused-ring (bicyclic) bond motifs is 1. The van der Waals surface area contributed by atoms with Crippen LogP contribution in [0.25, 0.3) is 10.9 Å². The van der Waals surface area contributed by atoms with Gasteiger partial charge in [0, 0.05) is 18.0 Å². The molecule has 138 valence electrons. The Bertz CT molecular complexity index is 1010. The third kappa shape index (κ3) is 4.35. The molecule has 1 heterocycles. The predicted molar refractivity (Wildman–Crippen MR) is 104 cm³/mol. The first-order valence-electron chi connectivity index (χ1n) is 8.25. The Kier molecular flexibility index (Phi) is 5.57. The molecule has 0 spiro atoms. The van der Waals surface area contributed by atoms with Gasteiger partial charge in [0.05, 0.1) is 23.2 Å². The summed E-state index contributed by atoms with van der Waals surface area (Å²) in [7, 11) is 1.52. The fraction of sp³-hybridized carbons (Fsp3) is 0.150. The molecule has 1 atom stereocenters. The molecule has 0 aliphatic carbocycles. The topological polar surface area (TPSA) is 94.3 Å². The number of methoxy groups -OCH3 is 1. The highest BCUT2D eigenvalue weighted by molar-refractivity contribution is 6.32. The molecule has 0 saturated heterocycles. The Balaban J connectivity index is 1.77. The summed E-state index contributed by atoms with van der Waals surface area (Å²) < 4.78 is 5.11. The maximum Gasteiger partial charge on any atom is 0.253 e. The number of benzene rings is 2. The van der Waals surface area contributed by atoms with Crippen LogP contribution in [0.3, 0.4) is 0 Å². The number of nitrogens with one attached hydrogen (secondary N) is 1. The van der Waals surface area contributed by atoms with Crippen molar-refractivity contribution < 1.29 is 14.3 Å². The summed E-state index contributed by atoms with van der Waals surface area (Å²) in [6.07, 6.45) is 1.69. The van der Waals surface area contributed by atoms with Crippen molar-refractivity contribution >= 4 is 34.3 Å². The molecule has 1 aromatic heterocycles. The summed E-state index contributed by atoms with van der Waals surface area (Å²) in [6, 6.07) is 13.5. The van der Waals surface area contributed by atoms with E-state index in [0.717, 1.165) is 16.5 Å². The van der Waals surface area contributed by atoms with Crippen molar-refractivity contribution in [2.45, 2.75) is 12.5 Å². The zero-order valence-electron chi connectivity index (χ0n) is 14.6. The molecule has 27 heavy (non-hydrogen) atoms. The second-order valence-corrected chi connectivity index (χ2v) is 6.43. The minimum Gasteiger partial charge on any atom is -0.495 e. The highest BCUT2D eigenvalue weighted by atomic mass is 35.5. The van der Waals surface area contributed by atoms with Crippen molar-refractivity contribution in [1.82, 2.24) is 10.3 Å². The quantitative estimate of drug-likeness (QED) is 0.684. The predicted octanol–water partition coefficient (Wildman–Crippen LogP) is 2.72. The number of halogens is 1. The van der Waals surface area contributed by atoms with E-state index in [1.54, 1.807) is 24.3 Å². The van der Waals surface area contributed by atoms with E-state index in [9.17, 15) is 9.59 Å². The van der Waals surface area contributed by atoms with Gasteiger partial charge in [-0.05, 0) is 29.8 Å². The van der Waals surface area contributed by atoms with Crippen molar-refractivity contribution in [2.24, 2.45) is 5.73 Å². The molecule has 0 fully saturated rings. The molecule has 0 unspecified atom stereocenters. The summed E-state index contributed by atoms with van der Waals surface area (Å²) >= 11 is 6.11. The highest BCUT2D eigenvalue weighted by Gasteiger charge is 2.20. The summed E-state index contributed by atoms with van der Waals surface area (Å²) in [6.45, 7) is 0. The molecule has 0 bridgehead atoms. The van der Waals surface area contributed by atoms with Crippen molar-refractivity contribution in [2.75, 3.05) is 7.11 Å². The van der Waals surface area contributed by atoms with Crippen LogP contribution in [0.5, 0.6) is 5.75 Å². The largest absolute Gasteiger partial charge is 0.495 e. The van der Waals surface area contributed by atoms with Crippen LogP contribution in [0.2, 0.25) is 5.02 Å². The van der Waals surface area contributed by atoms with E-state index in [4.69, 9.17) is 22.1 Å². The van der Waals surface area contributed by atoms with Gasteiger partial charge < -0.3 is 15.8 Å². The van der Waals surface area contributed by atoms with E-state index < -0.39 is 17.9 Å². The van der Waals surface area contributed by atoms with Crippen molar-refractivity contribution in [1.29, 1.82) is 0 Å². The molecule has 0 saturated carbocycles. The summed E-state index contributed by atoms with van der Waals surface area (Å²) in [5.74, 6) is -0.525. The average Bonchev–Trinajstić information content (AvgIpc) is 2.67. The van der Waals surface area contributed by atoms with Gasteiger partial charge in [-0.15, -0.1) is 0 Å². The number of ether oxygens (including phenoxy) is 1. The fourth-order valence-corrected chi connectivity index (χ4v) is 3.01. The summed E-state index contributed by atoms with van der Waals surface area (Å²) in [4.78, 5) is 28.6. The monoisotopic (exact) mass is 383 g/mol.